The van der Waals surface area contributed by atoms with Crippen LogP contribution in [0.4, 0.5) is 5.69 Å². The van der Waals surface area contributed by atoms with Crippen LogP contribution in [-0.4, -0.2) is 32.0 Å². The van der Waals surface area contributed by atoms with Crippen molar-refractivity contribution in [3.63, 3.8) is 0 Å². The molecule has 24 heavy (non-hydrogen) atoms. The minimum Gasteiger partial charge on any atom is -0.481 e. The van der Waals surface area contributed by atoms with E-state index in [1.165, 1.54) is 25.4 Å². The second-order valence-corrected chi connectivity index (χ2v) is 7.63. The monoisotopic (exact) mass is 353 g/mol. The minimum absolute atomic E-state index is 0.125. The third kappa shape index (κ3) is 4.56. The van der Waals surface area contributed by atoms with Gasteiger partial charge in [-0.25, -0.2) is 18.1 Å². The summed E-state index contributed by atoms with van der Waals surface area (Å²) in [5, 5.41) is 2.23. The Bertz CT molecular complexity index is 820. The summed E-state index contributed by atoms with van der Waals surface area (Å²) >= 11 is 0. The van der Waals surface area contributed by atoms with E-state index in [0.29, 0.717) is 11.6 Å². The number of nitrogens with zero attached hydrogens (tertiary/aromatic N) is 1. The summed E-state index contributed by atoms with van der Waals surface area (Å²) in [6, 6.07) is 5.71. The van der Waals surface area contributed by atoms with E-state index in [4.69, 9.17) is 9.15 Å². The molecule has 0 aliphatic heterocycles. The SMILES string of the molecule is COc1ccc(NC(=O)c2ccc(S(=O)(=O)NC(C)(C)C)o2)cn1. The Balaban J connectivity index is 2.13. The summed E-state index contributed by atoms with van der Waals surface area (Å²) in [6.07, 6.45) is 1.42. The molecule has 8 nitrogen and oxygen atoms in total. The number of rotatable bonds is 5. The predicted molar refractivity (Wildman–Crippen MR) is 87.5 cm³/mol. The Hall–Kier alpha value is -2.39. The Morgan fingerprint density at radius 2 is 1.92 bits per heavy atom. The van der Waals surface area contributed by atoms with Gasteiger partial charge < -0.3 is 14.5 Å². The molecule has 0 spiro atoms. The molecular weight excluding hydrogens is 334 g/mol. The van der Waals surface area contributed by atoms with Gasteiger partial charge in [-0.15, -0.1) is 0 Å². The van der Waals surface area contributed by atoms with Gasteiger partial charge in [-0.1, -0.05) is 0 Å². The highest BCUT2D eigenvalue weighted by Crippen LogP contribution is 2.18. The molecular formula is C15H19N3O5S. The summed E-state index contributed by atoms with van der Waals surface area (Å²) in [6.45, 7) is 5.12. The molecule has 0 atom stereocenters. The molecule has 0 aliphatic carbocycles. The fourth-order valence-electron chi connectivity index (χ4n) is 1.81. The maximum atomic E-state index is 12.2. The number of anilines is 1. The van der Waals surface area contributed by atoms with E-state index >= 15 is 0 Å². The first-order valence-electron chi connectivity index (χ1n) is 7.06. The first kappa shape index (κ1) is 18.0. The van der Waals surface area contributed by atoms with Gasteiger partial charge >= 0.3 is 0 Å². The Morgan fingerprint density at radius 3 is 2.46 bits per heavy atom. The van der Waals surface area contributed by atoms with Gasteiger partial charge in [0.25, 0.3) is 15.9 Å². The van der Waals surface area contributed by atoms with Gasteiger partial charge in [-0.2, -0.15) is 0 Å². The molecule has 0 aromatic carbocycles. The lowest BCUT2D eigenvalue weighted by atomic mass is 10.1. The number of furan rings is 1. The number of carbonyl (C=O) groups is 1. The molecule has 0 saturated carbocycles. The van der Waals surface area contributed by atoms with E-state index in [1.807, 2.05) is 0 Å². The van der Waals surface area contributed by atoms with E-state index in [9.17, 15) is 13.2 Å². The molecule has 130 valence electrons. The lowest BCUT2D eigenvalue weighted by Gasteiger charge is -2.18. The lowest BCUT2D eigenvalue weighted by Crippen LogP contribution is -2.40. The van der Waals surface area contributed by atoms with Crippen LogP contribution in [0.25, 0.3) is 0 Å². The van der Waals surface area contributed by atoms with Gasteiger partial charge in [-0.05, 0) is 39.0 Å². The molecule has 2 heterocycles. The zero-order chi connectivity index (χ0) is 18.0. The van der Waals surface area contributed by atoms with E-state index < -0.39 is 21.5 Å². The second-order valence-electron chi connectivity index (χ2n) is 6.02. The van der Waals surface area contributed by atoms with Crippen LogP contribution in [0.15, 0.2) is 40.0 Å². The van der Waals surface area contributed by atoms with Gasteiger partial charge in [-0.3, -0.25) is 4.79 Å². The van der Waals surface area contributed by atoms with Crippen LogP contribution in [0.5, 0.6) is 5.88 Å². The van der Waals surface area contributed by atoms with Crippen molar-refractivity contribution in [1.82, 2.24) is 9.71 Å². The highest BCUT2D eigenvalue weighted by molar-refractivity contribution is 7.89. The number of carbonyl (C=O) groups excluding carboxylic acids is 1. The quantitative estimate of drug-likeness (QED) is 0.851. The molecule has 0 fully saturated rings. The van der Waals surface area contributed by atoms with Crippen molar-refractivity contribution < 1.29 is 22.4 Å². The maximum Gasteiger partial charge on any atom is 0.291 e. The van der Waals surface area contributed by atoms with Crippen LogP contribution in [0, 0.1) is 0 Å². The van der Waals surface area contributed by atoms with Crippen molar-refractivity contribution in [2.45, 2.75) is 31.4 Å². The number of amides is 1. The zero-order valence-corrected chi connectivity index (χ0v) is 14.6. The topological polar surface area (TPSA) is 111 Å². The van der Waals surface area contributed by atoms with Crippen LogP contribution < -0.4 is 14.8 Å². The van der Waals surface area contributed by atoms with Gasteiger partial charge in [0.15, 0.2) is 5.76 Å². The van der Waals surface area contributed by atoms with E-state index in [1.54, 1.807) is 32.9 Å². The number of aromatic nitrogens is 1. The average molecular weight is 353 g/mol. The molecule has 0 radical (unpaired) electrons. The van der Waals surface area contributed by atoms with Crippen molar-refractivity contribution in [2.24, 2.45) is 0 Å². The molecule has 0 bridgehead atoms. The number of nitrogens with one attached hydrogen (secondary N) is 2. The van der Waals surface area contributed by atoms with E-state index in [-0.39, 0.29) is 10.9 Å². The predicted octanol–water partition coefficient (Wildman–Crippen LogP) is 2.01. The van der Waals surface area contributed by atoms with Crippen molar-refractivity contribution >= 4 is 21.6 Å². The molecule has 2 aromatic heterocycles. The molecule has 2 aromatic rings. The van der Waals surface area contributed by atoms with Crippen LogP contribution in [-0.2, 0) is 10.0 Å². The summed E-state index contributed by atoms with van der Waals surface area (Å²) in [7, 11) is -2.35. The van der Waals surface area contributed by atoms with E-state index in [2.05, 4.69) is 15.0 Å². The molecule has 1 amide bonds. The molecule has 2 N–H and O–H groups in total. The van der Waals surface area contributed by atoms with Crippen molar-refractivity contribution in [3.8, 4) is 5.88 Å². The largest absolute Gasteiger partial charge is 0.481 e. The summed E-state index contributed by atoms with van der Waals surface area (Å²) < 4.78 is 36.8. The normalized spacial score (nSPS) is 12.0. The molecule has 2 rings (SSSR count). The van der Waals surface area contributed by atoms with Crippen LogP contribution in [0.3, 0.4) is 0 Å². The fraction of sp³-hybridized carbons (Fsp3) is 0.333. The first-order chi connectivity index (χ1) is 11.1. The lowest BCUT2D eigenvalue weighted by molar-refractivity contribution is 0.0991. The van der Waals surface area contributed by atoms with Crippen LogP contribution in [0.1, 0.15) is 31.3 Å². The Morgan fingerprint density at radius 1 is 1.21 bits per heavy atom. The van der Waals surface area contributed by atoms with Gasteiger partial charge in [0, 0.05) is 11.6 Å². The average Bonchev–Trinajstić information content (AvgIpc) is 2.96. The Labute approximate surface area is 140 Å². The maximum absolute atomic E-state index is 12.2. The number of hydrogen-bond donors (Lipinski definition) is 2. The van der Waals surface area contributed by atoms with Crippen LogP contribution in [0.2, 0.25) is 0 Å². The third-order valence-corrected chi connectivity index (χ3v) is 4.34. The van der Waals surface area contributed by atoms with Crippen molar-refractivity contribution in [1.29, 1.82) is 0 Å². The number of hydrogen-bond acceptors (Lipinski definition) is 6. The number of sulfonamides is 1. The second kappa shape index (κ2) is 6.62. The van der Waals surface area contributed by atoms with Gasteiger partial charge in [0.1, 0.15) is 0 Å². The molecule has 9 heteroatoms. The first-order valence-corrected chi connectivity index (χ1v) is 8.54. The Kier molecular flexibility index (Phi) is 4.95. The third-order valence-electron chi connectivity index (χ3n) is 2.71. The summed E-state index contributed by atoms with van der Waals surface area (Å²) in [5.74, 6) is -0.299. The van der Waals surface area contributed by atoms with E-state index in [0.717, 1.165) is 0 Å². The standard InChI is InChI=1S/C15H19N3O5S/c1-15(2,3)18-24(20,21)13-8-6-11(23-13)14(19)17-10-5-7-12(22-4)16-9-10/h5-9,18H,1-4H3,(H,17,19). The van der Waals surface area contributed by atoms with Crippen molar-refractivity contribution in [3.05, 3.63) is 36.2 Å². The molecule has 0 unspecified atom stereocenters. The van der Waals surface area contributed by atoms with Gasteiger partial charge in [0.2, 0.25) is 11.0 Å². The highest BCUT2D eigenvalue weighted by atomic mass is 32.2. The van der Waals surface area contributed by atoms with Gasteiger partial charge in [0.05, 0.1) is 19.0 Å². The van der Waals surface area contributed by atoms with Crippen LogP contribution >= 0.6 is 0 Å². The zero-order valence-electron chi connectivity index (χ0n) is 13.8. The molecule has 0 saturated heterocycles. The smallest absolute Gasteiger partial charge is 0.291 e. The minimum atomic E-state index is -3.84. The summed E-state index contributed by atoms with van der Waals surface area (Å²) in [4.78, 5) is 16.1. The van der Waals surface area contributed by atoms with Crippen molar-refractivity contribution in [2.75, 3.05) is 12.4 Å². The highest BCUT2D eigenvalue weighted by Gasteiger charge is 2.26. The number of ether oxygens (including phenoxy) is 1. The molecule has 0 aliphatic rings. The number of methoxy groups -OCH3 is 1. The summed E-state index contributed by atoms with van der Waals surface area (Å²) in [5.41, 5.74) is -0.238. The fourth-order valence-corrected chi connectivity index (χ4v) is 3.16. The number of pyridine rings is 1.